The Balaban J connectivity index is 2.47. The maximum Gasteiger partial charge on any atom is 0.471 e. The standard InChI is InChI=1S/C8H13F3N2O/c1-2-13(5-6-3-12-4-6)7(14)8(9,10)11/h6,12H,2-5H2,1H3. The van der Waals surface area contributed by atoms with E-state index in [-0.39, 0.29) is 19.0 Å². The van der Waals surface area contributed by atoms with E-state index < -0.39 is 12.1 Å². The second-order valence-electron chi connectivity index (χ2n) is 3.37. The Labute approximate surface area is 80.3 Å². The molecule has 0 bridgehead atoms. The summed E-state index contributed by atoms with van der Waals surface area (Å²) in [6, 6.07) is 0. The van der Waals surface area contributed by atoms with Crippen molar-refractivity contribution in [2.24, 2.45) is 5.92 Å². The van der Waals surface area contributed by atoms with Crippen molar-refractivity contribution in [3.05, 3.63) is 0 Å². The van der Waals surface area contributed by atoms with E-state index in [9.17, 15) is 18.0 Å². The molecule has 0 saturated carbocycles. The highest BCUT2D eigenvalue weighted by atomic mass is 19.4. The predicted octanol–water partition coefficient (Wildman–Crippen LogP) is 0.617. The number of hydrogen-bond donors (Lipinski definition) is 1. The van der Waals surface area contributed by atoms with Crippen molar-refractivity contribution in [1.29, 1.82) is 0 Å². The molecule has 1 rings (SSSR count). The average Bonchev–Trinajstić information content (AvgIpc) is 2.00. The molecule has 0 spiro atoms. The summed E-state index contributed by atoms with van der Waals surface area (Å²) in [5.74, 6) is -1.56. The van der Waals surface area contributed by atoms with Gasteiger partial charge in [-0.3, -0.25) is 4.79 Å². The van der Waals surface area contributed by atoms with Crippen LogP contribution in [0.25, 0.3) is 0 Å². The third-order valence-electron chi connectivity index (χ3n) is 2.26. The SMILES string of the molecule is CCN(CC1CNC1)C(=O)C(F)(F)F. The van der Waals surface area contributed by atoms with E-state index >= 15 is 0 Å². The molecule has 1 aliphatic rings. The Bertz CT molecular complexity index is 213. The minimum absolute atomic E-state index is 0.106. The van der Waals surface area contributed by atoms with Gasteiger partial charge in [0.2, 0.25) is 0 Å². The molecule has 1 saturated heterocycles. The minimum Gasteiger partial charge on any atom is -0.335 e. The highest BCUT2D eigenvalue weighted by Crippen LogP contribution is 2.19. The number of halogens is 3. The Morgan fingerprint density at radius 1 is 1.50 bits per heavy atom. The first kappa shape index (κ1) is 11.3. The van der Waals surface area contributed by atoms with Gasteiger partial charge in [-0.15, -0.1) is 0 Å². The minimum atomic E-state index is -4.74. The van der Waals surface area contributed by atoms with Crippen LogP contribution in [0.5, 0.6) is 0 Å². The van der Waals surface area contributed by atoms with Gasteiger partial charge in [-0.05, 0) is 6.92 Å². The van der Waals surface area contributed by atoms with Gasteiger partial charge in [0.15, 0.2) is 0 Å². The molecular formula is C8H13F3N2O. The van der Waals surface area contributed by atoms with Crippen LogP contribution < -0.4 is 5.32 Å². The van der Waals surface area contributed by atoms with E-state index in [1.165, 1.54) is 0 Å². The summed E-state index contributed by atoms with van der Waals surface area (Å²) in [6.07, 6.45) is -4.74. The van der Waals surface area contributed by atoms with Gasteiger partial charge in [0.25, 0.3) is 0 Å². The first-order chi connectivity index (χ1) is 6.45. The van der Waals surface area contributed by atoms with Gasteiger partial charge >= 0.3 is 12.1 Å². The van der Waals surface area contributed by atoms with E-state index in [1.807, 2.05) is 0 Å². The monoisotopic (exact) mass is 210 g/mol. The van der Waals surface area contributed by atoms with Crippen molar-refractivity contribution in [2.45, 2.75) is 13.1 Å². The van der Waals surface area contributed by atoms with E-state index in [0.29, 0.717) is 13.1 Å². The van der Waals surface area contributed by atoms with Gasteiger partial charge in [0.1, 0.15) is 0 Å². The van der Waals surface area contributed by atoms with Crippen LogP contribution in [0.4, 0.5) is 13.2 Å². The van der Waals surface area contributed by atoms with E-state index in [4.69, 9.17) is 0 Å². The first-order valence-corrected chi connectivity index (χ1v) is 4.52. The summed E-state index contributed by atoms with van der Waals surface area (Å²) < 4.78 is 36.2. The van der Waals surface area contributed by atoms with Crippen molar-refractivity contribution in [2.75, 3.05) is 26.2 Å². The lowest BCUT2D eigenvalue weighted by Crippen LogP contribution is -2.51. The molecule has 0 aromatic rings. The number of nitrogens with zero attached hydrogens (tertiary/aromatic N) is 1. The van der Waals surface area contributed by atoms with E-state index in [2.05, 4.69) is 5.32 Å². The van der Waals surface area contributed by atoms with Gasteiger partial charge in [0, 0.05) is 32.1 Å². The molecule has 82 valence electrons. The number of carbonyl (C=O) groups is 1. The van der Waals surface area contributed by atoms with Crippen LogP contribution in [0.3, 0.4) is 0 Å². The molecule has 1 heterocycles. The summed E-state index contributed by atoms with van der Waals surface area (Å²) in [6.45, 7) is 3.25. The van der Waals surface area contributed by atoms with E-state index in [0.717, 1.165) is 4.90 Å². The zero-order valence-electron chi connectivity index (χ0n) is 7.90. The Morgan fingerprint density at radius 2 is 2.07 bits per heavy atom. The fourth-order valence-electron chi connectivity index (χ4n) is 1.32. The molecule has 6 heteroatoms. The second kappa shape index (κ2) is 4.16. The molecule has 0 aromatic heterocycles. The number of carbonyl (C=O) groups excluding carboxylic acids is 1. The van der Waals surface area contributed by atoms with Crippen molar-refractivity contribution >= 4 is 5.91 Å². The van der Waals surface area contributed by atoms with E-state index in [1.54, 1.807) is 6.92 Å². The maximum atomic E-state index is 12.1. The van der Waals surface area contributed by atoms with Gasteiger partial charge in [0.05, 0.1) is 0 Å². The zero-order valence-corrected chi connectivity index (χ0v) is 7.90. The number of alkyl halides is 3. The molecule has 1 N–H and O–H groups in total. The van der Waals surface area contributed by atoms with Crippen LogP contribution in [-0.2, 0) is 4.79 Å². The van der Waals surface area contributed by atoms with Crippen molar-refractivity contribution in [1.82, 2.24) is 10.2 Å². The molecule has 0 aliphatic carbocycles. The topological polar surface area (TPSA) is 32.3 Å². The summed E-state index contributed by atoms with van der Waals surface area (Å²) >= 11 is 0. The van der Waals surface area contributed by atoms with Crippen LogP contribution >= 0.6 is 0 Å². The number of amides is 1. The van der Waals surface area contributed by atoms with Crippen LogP contribution in [0, 0.1) is 5.92 Å². The van der Waals surface area contributed by atoms with Crippen molar-refractivity contribution < 1.29 is 18.0 Å². The second-order valence-corrected chi connectivity index (χ2v) is 3.37. The van der Waals surface area contributed by atoms with Gasteiger partial charge in [-0.25, -0.2) is 0 Å². The fraction of sp³-hybridized carbons (Fsp3) is 0.875. The lowest BCUT2D eigenvalue weighted by atomic mass is 10.0. The smallest absolute Gasteiger partial charge is 0.335 e. The molecule has 1 amide bonds. The average molecular weight is 210 g/mol. The third kappa shape index (κ3) is 2.60. The molecule has 0 atom stereocenters. The molecule has 0 unspecified atom stereocenters. The largest absolute Gasteiger partial charge is 0.471 e. The number of hydrogen-bond acceptors (Lipinski definition) is 2. The predicted molar refractivity (Wildman–Crippen MR) is 44.7 cm³/mol. The molecular weight excluding hydrogens is 197 g/mol. The maximum absolute atomic E-state index is 12.1. The fourth-order valence-corrected chi connectivity index (χ4v) is 1.32. The van der Waals surface area contributed by atoms with Gasteiger partial charge < -0.3 is 10.2 Å². The molecule has 1 aliphatic heterocycles. The molecule has 14 heavy (non-hydrogen) atoms. The lowest BCUT2D eigenvalue weighted by molar-refractivity contribution is -0.186. The summed E-state index contributed by atoms with van der Waals surface area (Å²) in [7, 11) is 0. The summed E-state index contributed by atoms with van der Waals surface area (Å²) in [5.41, 5.74) is 0. The Hall–Kier alpha value is -0.780. The first-order valence-electron chi connectivity index (χ1n) is 4.52. The van der Waals surface area contributed by atoms with Crippen LogP contribution in [0.1, 0.15) is 6.92 Å². The number of nitrogens with one attached hydrogen (secondary N) is 1. The molecule has 0 radical (unpaired) electrons. The highest BCUT2D eigenvalue weighted by Gasteiger charge is 2.42. The van der Waals surface area contributed by atoms with Crippen molar-refractivity contribution in [3.8, 4) is 0 Å². The van der Waals surface area contributed by atoms with Crippen LogP contribution in [-0.4, -0.2) is 43.2 Å². The summed E-state index contributed by atoms with van der Waals surface area (Å²) in [4.78, 5) is 11.7. The number of rotatable bonds is 3. The Morgan fingerprint density at radius 3 is 2.36 bits per heavy atom. The summed E-state index contributed by atoms with van der Waals surface area (Å²) in [5, 5.41) is 2.95. The quantitative estimate of drug-likeness (QED) is 0.740. The van der Waals surface area contributed by atoms with Gasteiger partial charge in [-0.1, -0.05) is 0 Å². The van der Waals surface area contributed by atoms with Gasteiger partial charge in [-0.2, -0.15) is 13.2 Å². The molecule has 3 nitrogen and oxygen atoms in total. The lowest BCUT2D eigenvalue weighted by Gasteiger charge is -2.32. The molecule has 1 fully saturated rings. The van der Waals surface area contributed by atoms with Crippen molar-refractivity contribution in [3.63, 3.8) is 0 Å². The Kier molecular flexibility index (Phi) is 3.36. The highest BCUT2D eigenvalue weighted by molar-refractivity contribution is 5.81. The zero-order chi connectivity index (χ0) is 10.8. The third-order valence-corrected chi connectivity index (χ3v) is 2.26. The normalized spacial score (nSPS) is 17.7. The van der Waals surface area contributed by atoms with Crippen LogP contribution in [0.2, 0.25) is 0 Å². The molecule has 0 aromatic carbocycles. The van der Waals surface area contributed by atoms with Crippen LogP contribution in [0.15, 0.2) is 0 Å².